The van der Waals surface area contributed by atoms with E-state index < -0.39 is 0 Å². The van der Waals surface area contributed by atoms with Gasteiger partial charge >= 0.3 is 0 Å². The molecule has 2 unspecified atom stereocenters. The Balaban J connectivity index is 1.88. The van der Waals surface area contributed by atoms with Gasteiger partial charge in [-0.2, -0.15) is 0 Å². The van der Waals surface area contributed by atoms with E-state index in [0.717, 1.165) is 30.9 Å². The molecule has 1 heterocycles. The summed E-state index contributed by atoms with van der Waals surface area (Å²) in [6.07, 6.45) is 6.56. The van der Waals surface area contributed by atoms with Crippen molar-refractivity contribution in [2.75, 3.05) is 20.6 Å². The minimum Gasteiger partial charge on any atom is -0.337 e. The Labute approximate surface area is 97.7 Å². The third kappa shape index (κ3) is 2.28. The van der Waals surface area contributed by atoms with Gasteiger partial charge in [0.05, 0.1) is 6.54 Å². The number of hydrogen-bond acceptors (Lipinski definition) is 3. The second kappa shape index (κ2) is 4.97. The summed E-state index contributed by atoms with van der Waals surface area (Å²) in [6.45, 7) is 2.09. The van der Waals surface area contributed by atoms with Crippen molar-refractivity contribution in [3.63, 3.8) is 0 Å². The van der Waals surface area contributed by atoms with E-state index in [1.54, 1.807) is 0 Å². The van der Waals surface area contributed by atoms with Gasteiger partial charge in [-0.15, -0.1) is 0 Å². The van der Waals surface area contributed by atoms with Crippen LogP contribution in [0.3, 0.4) is 0 Å². The molecule has 16 heavy (non-hydrogen) atoms. The summed E-state index contributed by atoms with van der Waals surface area (Å²) in [5.41, 5.74) is 0. The molecule has 1 aromatic rings. The van der Waals surface area contributed by atoms with Crippen molar-refractivity contribution in [1.82, 2.24) is 19.8 Å². The first kappa shape index (κ1) is 11.6. The average Bonchev–Trinajstić information content (AvgIpc) is 2.59. The fraction of sp³-hybridized carbons (Fsp3) is 0.750. The van der Waals surface area contributed by atoms with E-state index in [1.807, 2.05) is 19.4 Å². The molecule has 0 aromatic carbocycles. The number of nitrogens with one attached hydrogen (secondary N) is 1. The van der Waals surface area contributed by atoms with Crippen molar-refractivity contribution >= 4 is 0 Å². The van der Waals surface area contributed by atoms with Crippen LogP contribution in [0, 0.1) is 5.92 Å². The molecular formula is C12H22N4. The Morgan fingerprint density at radius 3 is 2.88 bits per heavy atom. The molecule has 4 heteroatoms. The van der Waals surface area contributed by atoms with Gasteiger partial charge in [-0.05, 0) is 39.4 Å². The minimum absolute atomic E-state index is 0.726. The summed E-state index contributed by atoms with van der Waals surface area (Å²) < 4.78 is 2.10. The van der Waals surface area contributed by atoms with Crippen molar-refractivity contribution in [3.05, 3.63) is 18.2 Å². The lowest BCUT2D eigenvalue weighted by Crippen LogP contribution is -2.48. The van der Waals surface area contributed by atoms with Gasteiger partial charge in [0.25, 0.3) is 0 Å². The van der Waals surface area contributed by atoms with Gasteiger partial charge in [0, 0.05) is 25.5 Å². The quantitative estimate of drug-likeness (QED) is 0.802. The molecule has 0 amide bonds. The first-order chi connectivity index (χ1) is 7.72. The highest BCUT2D eigenvalue weighted by molar-refractivity contribution is 4.94. The molecular weight excluding hydrogens is 200 g/mol. The number of aromatic nitrogens is 2. The predicted octanol–water partition coefficient (Wildman–Crippen LogP) is 0.850. The van der Waals surface area contributed by atoms with Gasteiger partial charge in [-0.3, -0.25) is 4.90 Å². The largest absolute Gasteiger partial charge is 0.337 e. The molecule has 1 aromatic heterocycles. The van der Waals surface area contributed by atoms with E-state index in [-0.39, 0.29) is 0 Å². The molecule has 1 fully saturated rings. The van der Waals surface area contributed by atoms with Crippen molar-refractivity contribution in [3.8, 4) is 0 Å². The minimum atomic E-state index is 0.726. The van der Waals surface area contributed by atoms with E-state index in [1.165, 1.54) is 12.8 Å². The van der Waals surface area contributed by atoms with Gasteiger partial charge in [-0.1, -0.05) is 0 Å². The van der Waals surface area contributed by atoms with Gasteiger partial charge in [0.1, 0.15) is 5.82 Å². The van der Waals surface area contributed by atoms with Gasteiger partial charge in [-0.25, -0.2) is 4.98 Å². The number of nitrogens with zero attached hydrogens (tertiary/aromatic N) is 3. The summed E-state index contributed by atoms with van der Waals surface area (Å²) in [5, 5.41) is 3.28. The Bertz CT molecular complexity index is 334. The summed E-state index contributed by atoms with van der Waals surface area (Å²) in [5.74, 6) is 1.97. The van der Waals surface area contributed by atoms with Crippen LogP contribution in [0.1, 0.15) is 18.7 Å². The highest BCUT2D eigenvalue weighted by Crippen LogP contribution is 2.31. The van der Waals surface area contributed by atoms with E-state index >= 15 is 0 Å². The van der Waals surface area contributed by atoms with Crippen LogP contribution in [0.4, 0.5) is 0 Å². The molecule has 0 saturated heterocycles. The first-order valence-electron chi connectivity index (χ1n) is 6.03. The maximum atomic E-state index is 4.37. The van der Waals surface area contributed by atoms with Crippen LogP contribution in [-0.4, -0.2) is 41.1 Å². The zero-order valence-electron chi connectivity index (χ0n) is 10.5. The Morgan fingerprint density at radius 2 is 2.38 bits per heavy atom. The van der Waals surface area contributed by atoms with E-state index in [0.29, 0.717) is 0 Å². The van der Waals surface area contributed by atoms with Crippen molar-refractivity contribution in [2.24, 2.45) is 13.0 Å². The summed E-state index contributed by atoms with van der Waals surface area (Å²) >= 11 is 0. The molecule has 1 aliphatic rings. The molecule has 1 N–H and O–H groups in total. The molecule has 2 atom stereocenters. The lowest BCUT2D eigenvalue weighted by atomic mass is 9.78. The zero-order chi connectivity index (χ0) is 11.5. The van der Waals surface area contributed by atoms with Gasteiger partial charge < -0.3 is 9.88 Å². The Morgan fingerprint density at radius 1 is 1.56 bits per heavy atom. The predicted molar refractivity (Wildman–Crippen MR) is 65.1 cm³/mol. The van der Waals surface area contributed by atoms with Gasteiger partial charge in [0.15, 0.2) is 0 Å². The highest BCUT2D eigenvalue weighted by atomic mass is 15.2. The normalized spacial score (nSPS) is 24.8. The monoisotopic (exact) mass is 222 g/mol. The van der Waals surface area contributed by atoms with Crippen LogP contribution in [0.2, 0.25) is 0 Å². The maximum Gasteiger partial charge on any atom is 0.122 e. The Hall–Kier alpha value is -0.870. The number of imidazole rings is 1. The highest BCUT2D eigenvalue weighted by Gasteiger charge is 2.33. The Kier molecular flexibility index (Phi) is 3.61. The third-order valence-corrected chi connectivity index (χ3v) is 3.72. The van der Waals surface area contributed by atoms with Crippen molar-refractivity contribution in [2.45, 2.75) is 25.4 Å². The fourth-order valence-corrected chi connectivity index (χ4v) is 2.52. The maximum absolute atomic E-state index is 4.37. The SMILES string of the molecule is CNCC1CCC1N(C)Cc1nccn1C. The van der Waals surface area contributed by atoms with Crippen LogP contribution in [0.15, 0.2) is 12.4 Å². The van der Waals surface area contributed by atoms with Crippen LogP contribution >= 0.6 is 0 Å². The summed E-state index contributed by atoms with van der Waals surface area (Å²) in [7, 11) is 6.30. The van der Waals surface area contributed by atoms with E-state index in [9.17, 15) is 0 Å². The molecule has 0 bridgehead atoms. The zero-order valence-corrected chi connectivity index (χ0v) is 10.5. The second-order valence-electron chi connectivity index (χ2n) is 4.83. The van der Waals surface area contributed by atoms with Crippen molar-refractivity contribution in [1.29, 1.82) is 0 Å². The third-order valence-electron chi connectivity index (χ3n) is 3.72. The molecule has 0 spiro atoms. The van der Waals surface area contributed by atoms with E-state index in [4.69, 9.17) is 0 Å². The van der Waals surface area contributed by atoms with Crippen molar-refractivity contribution < 1.29 is 0 Å². The number of aryl methyl sites for hydroxylation is 1. The standard InChI is InChI=1S/C12H22N4/c1-13-8-10-4-5-11(10)16(3)9-12-14-6-7-15(12)2/h6-7,10-11,13H,4-5,8-9H2,1-3H3. The molecule has 1 saturated carbocycles. The first-order valence-corrected chi connectivity index (χ1v) is 6.03. The molecule has 1 aliphatic carbocycles. The average molecular weight is 222 g/mol. The van der Waals surface area contributed by atoms with Crippen LogP contribution in [0.25, 0.3) is 0 Å². The summed E-state index contributed by atoms with van der Waals surface area (Å²) in [4.78, 5) is 6.81. The smallest absolute Gasteiger partial charge is 0.122 e. The molecule has 0 aliphatic heterocycles. The summed E-state index contributed by atoms with van der Waals surface area (Å²) in [6, 6.07) is 0.726. The van der Waals surface area contributed by atoms with E-state index in [2.05, 4.69) is 33.9 Å². The topological polar surface area (TPSA) is 33.1 Å². The van der Waals surface area contributed by atoms with Crippen LogP contribution in [-0.2, 0) is 13.6 Å². The van der Waals surface area contributed by atoms with Crippen LogP contribution in [0.5, 0.6) is 0 Å². The van der Waals surface area contributed by atoms with Gasteiger partial charge in [0.2, 0.25) is 0 Å². The number of hydrogen-bond donors (Lipinski definition) is 1. The number of rotatable bonds is 5. The van der Waals surface area contributed by atoms with Crippen LogP contribution < -0.4 is 5.32 Å². The molecule has 90 valence electrons. The lowest BCUT2D eigenvalue weighted by molar-refractivity contribution is 0.0767. The second-order valence-corrected chi connectivity index (χ2v) is 4.83. The molecule has 0 radical (unpaired) electrons. The molecule has 4 nitrogen and oxygen atoms in total. The molecule has 2 rings (SSSR count). The lowest BCUT2D eigenvalue weighted by Gasteiger charge is -2.42. The fourth-order valence-electron chi connectivity index (χ4n) is 2.52.